The van der Waals surface area contributed by atoms with Gasteiger partial charge in [-0.1, -0.05) is 5.16 Å². The van der Waals surface area contributed by atoms with Gasteiger partial charge in [0.05, 0.1) is 17.4 Å². The van der Waals surface area contributed by atoms with E-state index in [-0.39, 0.29) is 70.1 Å². The zero-order valence-electron chi connectivity index (χ0n) is 29.1. The molecular weight excluding hydrogens is 756 g/mol. The molecule has 7 rings (SSSR count). The van der Waals surface area contributed by atoms with E-state index in [0.717, 1.165) is 53.5 Å². The number of aromatic hydroxyl groups is 1. The number of nitrogens with zero attached hydrogens (tertiary/aromatic N) is 5. The Morgan fingerprint density at radius 2 is 1.95 bits per heavy atom. The fraction of sp³-hybridized carbons (Fsp3) is 0.333. The smallest absolute Gasteiger partial charge is 0.290 e. The van der Waals surface area contributed by atoms with E-state index < -0.39 is 40.9 Å². The molecule has 2 atom stereocenters. The largest absolute Gasteiger partial charge is 0.543 e. The van der Waals surface area contributed by atoms with Crippen LogP contribution in [-0.4, -0.2) is 85.0 Å². The predicted octanol–water partition coefficient (Wildman–Crippen LogP) is 0.922. The Bertz CT molecular complexity index is 2150. The number of carbonyl (C=O) groups is 5. The van der Waals surface area contributed by atoms with Gasteiger partial charge in [0.25, 0.3) is 17.7 Å². The molecule has 3 aliphatic heterocycles. The minimum absolute atomic E-state index is 0.0608. The first-order valence-electron chi connectivity index (χ1n) is 17.4. The number of carboxylic acid groups (broad SMARTS) is 1. The first-order chi connectivity index (χ1) is 26.4. The molecule has 1 aromatic carbocycles. The molecule has 4 amide bonds. The van der Waals surface area contributed by atoms with Gasteiger partial charge in [0.15, 0.2) is 23.2 Å². The number of aliphatic carboxylic acids is 1. The standard InChI is InChI=1S/C36H35FN8O8S2/c37-24-14-22(46)5-6-25(24)39-27(47)16-43-10-7-19(8-11-43)15-44-12-9-20(32(44)49)13-21-17-54-34-29(33(50)45(34)30(21)35(51)52)41-31(48)28(26-18-55-36(38)40-26)42-53-23-3-1-2-4-23/h5-8,10-11,13-14,18,23,29,34H,1-4,9,12,15-17H2,(H5-,38,39,40,41,42,46,47,48,51,52)/b20-13+/t29-,34-/m1/s1. The quantitative estimate of drug-likeness (QED) is 0.0504. The number of carbonyl (C=O) groups excluding carboxylic acids is 5. The molecule has 55 heavy (non-hydrogen) atoms. The summed E-state index contributed by atoms with van der Waals surface area (Å²) in [5.41, 5.74) is 6.83. The van der Waals surface area contributed by atoms with Gasteiger partial charge in [-0.05, 0) is 61.4 Å². The van der Waals surface area contributed by atoms with Crippen molar-refractivity contribution in [3.8, 4) is 5.75 Å². The van der Waals surface area contributed by atoms with Crippen molar-refractivity contribution in [2.75, 3.05) is 23.3 Å². The van der Waals surface area contributed by atoms with Crippen LogP contribution < -0.4 is 26.0 Å². The third kappa shape index (κ3) is 8.16. The minimum atomic E-state index is -1.58. The zero-order chi connectivity index (χ0) is 38.8. The summed E-state index contributed by atoms with van der Waals surface area (Å²) in [5, 5.41) is 32.0. The van der Waals surface area contributed by atoms with Gasteiger partial charge in [-0.2, -0.15) is 4.57 Å². The average Bonchev–Trinajstić information content (AvgIpc) is 3.92. The second kappa shape index (κ2) is 15.9. The van der Waals surface area contributed by atoms with Gasteiger partial charge in [0.2, 0.25) is 12.5 Å². The summed E-state index contributed by atoms with van der Waals surface area (Å²) in [4.78, 5) is 77.5. The minimum Gasteiger partial charge on any atom is -0.543 e. The van der Waals surface area contributed by atoms with Crippen LogP contribution in [0.3, 0.4) is 0 Å². The fourth-order valence-electron chi connectivity index (χ4n) is 6.72. The first-order valence-corrected chi connectivity index (χ1v) is 19.3. The van der Waals surface area contributed by atoms with Crippen LogP contribution in [0.4, 0.5) is 15.2 Å². The molecule has 5 heterocycles. The van der Waals surface area contributed by atoms with E-state index in [0.29, 0.717) is 18.5 Å². The monoisotopic (exact) mass is 790 g/mol. The van der Waals surface area contributed by atoms with Crippen molar-refractivity contribution < 1.29 is 48.0 Å². The lowest BCUT2D eigenvalue weighted by molar-refractivity contribution is -0.684. The highest BCUT2D eigenvalue weighted by Gasteiger charge is 2.53. The third-order valence-electron chi connectivity index (χ3n) is 9.50. The number of phenolic OH excluding ortho intramolecular Hbond substituents is 1. The van der Waals surface area contributed by atoms with Crippen LogP contribution in [0, 0.1) is 5.82 Å². The summed E-state index contributed by atoms with van der Waals surface area (Å²) in [6, 6.07) is 5.85. The second-order valence-electron chi connectivity index (χ2n) is 13.3. The topological polar surface area (TPSA) is 224 Å². The Hall–Kier alpha value is -5.82. The number of hydrogen-bond donors (Lipinski definition) is 4. The highest BCUT2D eigenvalue weighted by molar-refractivity contribution is 8.00. The molecule has 0 unspecified atom stereocenters. The molecule has 0 bridgehead atoms. The van der Waals surface area contributed by atoms with Gasteiger partial charge >= 0.3 is 0 Å². The number of rotatable bonds is 12. The number of β-lactam (4-membered cyclic amide) rings is 1. The molecule has 2 aromatic heterocycles. The number of benzene rings is 1. The molecular formula is C36H35FN8O8S2. The second-order valence-corrected chi connectivity index (χ2v) is 15.3. The SMILES string of the molecule is Nc1nc(/C(=N/OC2CCCC2)C(=O)N[C@@H]2C(=O)N3C(C(=O)[O-])=C(/C=C4\CCN(Cc5cc[n+](CC(=O)Nc6ccc(O)cc6F)cc5)C4=O)CS[C@H]23)cs1. The number of carboxylic acids is 1. The van der Waals surface area contributed by atoms with Crippen molar-refractivity contribution in [2.45, 2.75) is 62.7 Å². The average molecular weight is 791 g/mol. The van der Waals surface area contributed by atoms with E-state index in [1.54, 1.807) is 39.4 Å². The van der Waals surface area contributed by atoms with E-state index >= 15 is 0 Å². The number of hydrogen-bond acceptors (Lipinski definition) is 13. The van der Waals surface area contributed by atoms with Gasteiger partial charge < -0.3 is 41.1 Å². The Kier molecular flexibility index (Phi) is 10.8. The maximum absolute atomic E-state index is 14.0. The number of phenols is 1. The maximum atomic E-state index is 14.0. The van der Waals surface area contributed by atoms with Gasteiger partial charge in [-0.3, -0.25) is 24.1 Å². The molecule has 19 heteroatoms. The summed E-state index contributed by atoms with van der Waals surface area (Å²) in [7, 11) is 0. The number of pyridine rings is 1. The molecule has 1 aliphatic carbocycles. The van der Waals surface area contributed by atoms with Crippen LogP contribution in [0.15, 0.2) is 76.2 Å². The van der Waals surface area contributed by atoms with Crippen LogP contribution >= 0.6 is 23.1 Å². The molecule has 4 aliphatic rings. The Morgan fingerprint density at radius 1 is 1.18 bits per heavy atom. The van der Waals surface area contributed by atoms with Crippen molar-refractivity contribution in [1.29, 1.82) is 0 Å². The van der Waals surface area contributed by atoms with Crippen LogP contribution in [-0.2, 0) is 41.9 Å². The van der Waals surface area contributed by atoms with Gasteiger partial charge in [-0.25, -0.2) is 9.37 Å². The van der Waals surface area contributed by atoms with Crippen LogP contribution in [0.25, 0.3) is 0 Å². The van der Waals surface area contributed by atoms with Crippen LogP contribution in [0.5, 0.6) is 5.75 Å². The number of likely N-dealkylation sites (tertiary alicyclic amines) is 1. The van der Waals surface area contributed by atoms with E-state index in [1.165, 1.54) is 30.0 Å². The van der Waals surface area contributed by atoms with Crippen LogP contribution in [0.2, 0.25) is 0 Å². The predicted molar refractivity (Wildman–Crippen MR) is 195 cm³/mol. The van der Waals surface area contributed by atoms with Crippen molar-refractivity contribution in [1.82, 2.24) is 20.1 Å². The molecule has 16 nitrogen and oxygen atoms in total. The summed E-state index contributed by atoms with van der Waals surface area (Å²) < 4.78 is 15.6. The molecule has 0 radical (unpaired) electrons. The van der Waals surface area contributed by atoms with Gasteiger partial charge in [0, 0.05) is 48.0 Å². The molecule has 1 saturated carbocycles. The molecule has 3 fully saturated rings. The number of allylic oxidation sites excluding steroid dienone is 1. The number of fused-ring (bicyclic) bond motifs is 1. The zero-order valence-corrected chi connectivity index (χ0v) is 30.7. The first kappa shape index (κ1) is 37.5. The lowest BCUT2D eigenvalue weighted by Gasteiger charge is -2.50. The summed E-state index contributed by atoms with van der Waals surface area (Å²) in [6.45, 7) is 0.519. The van der Waals surface area contributed by atoms with Crippen molar-refractivity contribution in [2.24, 2.45) is 5.16 Å². The van der Waals surface area contributed by atoms with Gasteiger partial charge in [0.1, 0.15) is 34.8 Å². The summed E-state index contributed by atoms with van der Waals surface area (Å²) in [6.07, 6.45) is 8.60. The summed E-state index contributed by atoms with van der Waals surface area (Å²) in [5.74, 6) is -4.61. The fourth-order valence-corrected chi connectivity index (χ4v) is 8.57. The lowest BCUT2D eigenvalue weighted by atomic mass is 10.0. The Balaban J connectivity index is 0.979. The maximum Gasteiger partial charge on any atom is 0.290 e. The van der Waals surface area contributed by atoms with E-state index in [4.69, 9.17) is 10.6 Å². The lowest BCUT2D eigenvalue weighted by Crippen LogP contribution is -2.71. The number of nitrogens with two attached hydrogens (primary N) is 1. The van der Waals surface area contributed by atoms with Crippen molar-refractivity contribution >= 4 is 69.2 Å². The number of nitrogens with one attached hydrogen (secondary N) is 2. The number of aromatic nitrogens is 2. The molecule has 286 valence electrons. The number of amides is 4. The Morgan fingerprint density at radius 3 is 2.64 bits per heavy atom. The Labute approximate surface area is 321 Å². The number of anilines is 2. The molecule has 0 spiro atoms. The molecule has 2 saturated heterocycles. The van der Waals surface area contributed by atoms with E-state index in [2.05, 4.69) is 20.8 Å². The van der Waals surface area contributed by atoms with Gasteiger partial charge in [-0.15, -0.1) is 23.1 Å². The summed E-state index contributed by atoms with van der Waals surface area (Å²) >= 11 is 2.36. The molecule has 3 aromatic rings. The number of nitrogen functional groups attached to an aromatic ring is 1. The number of thiazole rings is 1. The van der Waals surface area contributed by atoms with Crippen molar-refractivity contribution in [3.05, 3.63) is 88.1 Å². The number of halogens is 1. The normalized spacial score (nSPS) is 20.8. The number of thioether (sulfide) groups is 1. The van der Waals surface area contributed by atoms with Crippen LogP contribution in [0.1, 0.15) is 43.4 Å². The third-order valence-corrected chi connectivity index (χ3v) is 11.5. The highest BCUT2D eigenvalue weighted by atomic mass is 32.2. The number of oxime groups is 1. The van der Waals surface area contributed by atoms with Crippen molar-refractivity contribution in [3.63, 3.8) is 0 Å². The van der Waals surface area contributed by atoms with E-state index in [9.17, 15) is 38.6 Å². The highest BCUT2D eigenvalue weighted by Crippen LogP contribution is 2.41. The molecule has 5 N–H and O–H groups in total. The van der Waals surface area contributed by atoms with E-state index in [1.807, 2.05) is 0 Å².